The van der Waals surface area contributed by atoms with Crippen LogP contribution in [-0.2, 0) is 9.59 Å². The number of aliphatic hydroxyl groups excluding tert-OH is 1. The van der Waals surface area contributed by atoms with E-state index >= 15 is 0 Å². The molecule has 0 bridgehead atoms. The van der Waals surface area contributed by atoms with Crippen LogP contribution in [-0.4, -0.2) is 16.9 Å². The summed E-state index contributed by atoms with van der Waals surface area (Å²) in [5.74, 6) is -1.50. The van der Waals surface area contributed by atoms with Gasteiger partial charge in [-0.25, -0.2) is 0 Å². The molecule has 0 unspecified atom stereocenters. The minimum atomic E-state index is -0.666. The molecule has 14 heavy (non-hydrogen) atoms. The molecule has 0 spiro atoms. The van der Waals surface area contributed by atoms with Gasteiger partial charge in [-0.3, -0.25) is 14.9 Å². The minimum Gasteiger partial charge on any atom is -0.503 e. The Morgan fingerprint density at radius 2 is 1.86 bits per heavy atom. The van der Waals surface area contributed by atoms with Crippen LogP contribution in [0.3, 0.4) is 0 Å². The number of hydrogen-bond donors (Lipinski definition) is 2. The number of rotatable bonds is 5. The number of hydrogen-bond acceptors (Lipinski definition) is 3. The van der Waals surface area contributed by atoms with Crippen LogP contribution in [0.5, 0.6) is 0 Å². The molecule has 2 N–H and O–H groups in total. The van der Waals surface area contributed by atoms with Gasteiger partial charge in [-0.05, 0) is 12.8 Å². The number of nitrogens with one attached hydrogen (secondary N) is 1. The first-order valence-corrected chi connectivity index (χ1v) is 4.94. The SMILES string of the molecule is CCCCCCC1=C(O)C(=O)NC1=O. The third-order valence-electron chi connectivity index (χ3n) is 2.28. The summed E-state index contributed by atoms with van der Waals surface area (Å²) in [6, 6.07) is 0. The Labute approximate surface area is 83.0 Å². The van der Waals surface area contributed by atoms with Crippen LogP contribution in [0.15, 0.2) is 11.3 Å². The van der Waals surface area contributed by atoms with Crippen molar-refractivity contribution in [3.05, 3.63) is 11.3 Å². The van der Waals surface area contributed by atoms with Gasteiger partial charge in [0.15, 0.2) is 5.76 Å². The smallest absolute Gasteiger partial charge is 0.293 e. The maximum absolute atomic E-state index is 11.1. The molecule has 0 aromatic carbocycles. The fraction of sp³-hybridized carbons (Fsp3) is 0.600. The van der Waals surface area contributed by atoms with E-state index in [1.165, 1.54) is 0 Å². The summed E-state index contributed by atoms with van der Waals surface area (Å²) in [5, 5.41) is 11.3. The lowest BCUT2D eigenvalue weighted by atomic mass is 10.1. The summed E-state index contributed by atoms with van der Waals surface area (Å²) in [4.78, 5) is 22.0. The van der Waals surface area contributed by atoms with Crippen molar-refractivity contribution in [2.75, 3.05) is 0 Å². The summed E-state index contributed by atoms with van der Waals surface area (Å²) in [5.41, 5.74) is 0.242. The second-order valence-electron chi connectivity index (χ2n) is 3.42. The fourth-order valence-electron chi connectivity index (χ4n) is 1.44. The van der Waals surface area contributed by atoms with Gasteiger partial charge in [0.25, 0.3) is 11.8 Å². The molecule has 4 heteroatoms. The average molecular weight is 197 g/mol. The van der Waals surface area contributed by atoms with Crippen molar-refractivity contribution >= 4 is 11.8 Å². The predicted molar refractivity (Wildman–Crippen MR) is 51.6 cm³/mol. The number of aliphatic hydroxyl groups is 1. The van der Waals surface area contributed by atoms with Crippen LogP contribution < -0.4 is 5.32 Å². The zero-order chi connectivity index (χ0) is 10.6. The van der Waals surface area contributed by atoms with Gasteiger partial charge in [0, 0.05) is 0 Å². The highest BCUT2D eigenvalue weighted by molar-refractivity contribution is 6.18. The van der Waals surface area contributed by atoms with Gasteiger partial charge >= 0.3 is 0 Å². The summed E-state index contributed by atoms with van der Waals surface area (Å²) >= 11 is 0. The van der Waals surface area contributed by atoms with E-state index in [-0.39, 0.29) is 5.57 Å². The molecule has 2 amide bonds. The highest BCUT2D eigenvalue weighted by atomic mass is 16.3. The second-order valence-corrected chi connectivity index (χ2v) is 3.42. The monoisotopic (exact) mass is 197 g/mol. The highest BCUT2D eigenvalue weighted by Gasteiger charge is 2.28. The Bertz CT molecular complexity index is 281. The van der Waals surface area contributed by atoms with Crippen LogP contribution in [0.4, 0.5) is 0 Å². The topological polar surface area (TPSA) is 66.4 Å². The second kappa shape index (κ2) is 4.79. The van der Waals surface area contributed by atoms with Gasteiger partial charge in [-0.15, -0.1) is 0 Å². The van der Waals surface area contributed by atoms with Crippen molar-refractivity contribution in [3.63, 3.8) is 0 Å². The minimum absolute atomic E-state index is 0.242. The van der Waals surface area contributed by atoms with Crippen molar-refractivity contribution in [1.82, 2.24) is 5.32 Å². The van der Waals surface area contributed by atoms with Gasteiger partial charge in [0.05, 0.1) is 5.57 Å². The van der Waals surface area contributed by atoms with E-state index in [9.17, 15) is 14.7 Å². The molecule has 0 saturated heterocycles. The Morgan fingerprint density at radius 1 is 1.14 bits per heavy atom. The zero-order valence-electron chi connectivity index (χ0n) is 8.30. The van der Waals surface area contributed by atoms with Gasteiger partial charge in [0.2, 0.25) is 0 Å². The molecule has 0 saturated carbocycles. The van der Waals surface area contributed by atoms with E-state index in [4.69, 9.17) is 0 Å². The van der Waals surface area contributed by atoms with Crippen LogP contribution in [0, 0.1) is 0 Å². The third-order valence-corrected chi connectivity index (χ3v) is 2.28. The number of amides is 2. The van der Waals surface area contributed by atoms with Crippen molar-refractivity contribution < 1.29 is 14.7 Å². The van der Waals surface area contributed by atoms with Crippen molar-refractivity contribution in [2.24, 2.45) is 0 Å². The lowest BCUT2D eigenvalue weighted by molar-refractivity contribution is -0.125. The summed E-state index contributed by atoms with van der Waals surface area (Å²) in [6.07, 6.45) is 4.59. The number of unbranched alkanes of at least 4 members (excludes halogenated alkanes) is 3. The Kier molecular flexibility index (Phi) is 3.68. The van der Waals surface area contributed by atoms with E-state index < -0.39 is 17.6 Å². The lowest BCUT2D eigenvalue weighted by Gasteiger charge is -1.99. The molecule has 0 radical (unpaired) electrons. The Morgan fingerprint density at radius 3 is 2.36 bits per heavy atom. The van der Waals surface area contributed by atoms with Crippen molar-refractivity contribution in [1.29, 1.82) is 0 Å². The number of carbonyl (C=O) groups excluding carboxylic acids is 2. The molecular weight excluding hydrogens is 182 g/mol. The van der Waals surface area contributed by atoms with E-state index in [1.54, 1.807) is 0 Å². The third kappa shape index (κ3) is 2.34. The lowest BCUT2D eigenvalue weighted by Crippen LogP contribution is -2.23. The van der Waals surface area contributed by atoms with Crippen molar-refractivity contribution in [3.8, 4) is 0 Å². The maximum Gasteiger partial charge on any atom is 0.293 e. The van der Waals surface area contributed by atoms with Crippen LogP contribution in [0.1, 0.15) is 39.0 Å². The largest absolute Gasteiger partial charge is 0.503 e. The number of imide groups is 1. The van der Waals surface area contributed by atoms with Gasteiger partial charge in [-0.1, -0.05) is 26.2 Å². The van der Waals surface area contributed by atoms with E-state index in [0.29, 0.717) is 6.42 Å². The molecule has 1 heterocycles. The van der Waals surface area contributed by atoms with E-state index in [0.717, 1.165) is 25.7 Å². The zero-order valence-corrected chi connectivity index (χ0v) is 8.30. The van der Waals surface area contributed by atoms with Gasteiger partial charge < -0.3 is 5.11 Å². The van der Waals surface area contributed by atoms with Crippen molar-refractivity contribution in [2.45, 2.75) is 39.0 Å². The van der Waals surface area contributed by atoms with Crippen LogP contribution in [0.25, 0.3) is 0 Å². The van der Waals surface area contributed by atoms with Gasteiger partial charge in [-0.2, -0.15) is 0 Å². The molecular formula is C10H15NO3. The summed E-state index contributed by atoms with van der Waals surface area (Å²) < 4.78 is 0. The Hall–Kier alpha value is -1.32. The molecule has 0 aromatic heterocycles. The molecule has 1 aliphatic heterocycles. The first-order valence-electron chi connectivity index (χ1n) is 4.94. The first-order chi connectivity index (χ1) is 6.66. The molecule has 0 atom stereocenters. The van der Waals surface area contributed by atoms with E-state index in [1.807, 2.05) is 0 Å². The maximum atomic E-state index is 11.1. The normalized spacial score (nSPS) is 16.4. The van der Waals surface area contributed by atoms with Crippen LogP contribution >= 0.6 is 0 Å². The molecule has 4 nitrogen and oxygen atoms in total. The predicted octanol–water partition coefficient (Wildman–Crippen LogP) is 1.43. The molecule has 0 aliphatic carbocycles. The molecule has 1 aliphatic rings. The first kappa shape index (κ1) is 10.8. The molecule has 78 valence electrons. The summed E-state index contributed by atoms with van der Waals surface area (Å²) in [7, 11) is 0. The standard InChI is InChI=1S/C10H15NO3/c1-2-3-4-5-6-7-8(12)10(14)11-9(7)13/h2-6H2,1H3,(H2,11,12,13,14). The average Bonchev–Trinajstić information content (AvgIpc) is 2.38. The fourth-order valence-corrected chi connectivity index (χ4v) is 1.44. The highest BCUT2D eigenvalue weighted by Crippen LogP contribution is 2.17. The molecule has 0 fully saturated rings. The molecule has 1 rings (SSSR count). The summed E-state index contributed by atoms with van der Waals surface area (Å²) in [6.45, 7) is 2.10. The van der Waals surface area contributed by atoms with Crippen LogP contribution in [0.2, 0.25) is 0 Å². The quantitative estimate of drug-likeness (QED) is 0.517. The molecule has 0 aromatic rings. The number of carbonyl (C=O) groups is 2. The Balaban J connectivity index is 2.43. The van der Waals surface area contributed by atoms with E-state index in [2.05, 4.69) is 12.2 Å². The van der Waals surface area contributed by atoms with Gasteiger partial charge in [0.1, 0.15) is 0 Å².